The van der Waals surface area contributed by atoms with Gasteiger partial charge in [-0.05, 0) is 73.4 Å². The van der Waals surface area contributed by atoms with Crippen LogP contribution >= 0.6 is 0 Å². The number of carbonyl (C=O) groups excluding carboxylic acids is 2. The summed E-state index contributed by atoms with van der Waals surface area (Å²) in [6.07, 6.45) is 4.82. The molecule has 240 valence electrons. The van der Waals surface area contributed by atoms with Crippen LogP contribution in [0.4, 0.5) is 21.9 Å². The Balaban J connectivity index is 1.21. The van der Waals surface area contributed by atoms with Crippen molar-refractivity contribution in [3.05, 3.63) is 102 Å². The van der Waals surface area contributed by atoms with Crippen LogP contribution in [0.1, 0.15) is 41.5 Å². The van der Waals surface area contributed by atoms with Crippen molar-refractivity contribution in [3.63, 3.8) is 0 Å². The van der Waals surface area contributed by atoms with Gasteiger partial charge in [-0.2, -0.15) is 0 Å². The number of para-hydroxylation sites is 1. The lowest BCUT2D eigenvalue weighted by molar-refractivity contribution is 0.0995. The molecule has 0 atom stereocenters. The van der Waals surface area contributed by atoms with Crippen LogP contribution in [0.2, 0.25) is 0 Å². The highest BCUT2D eigenvalue weighted by Gasteiger charge is 2.30. The quantitative estimate of drug-likeness (QED) is 0.206. The smallest absolute Gasteiger partial charge is 0.326 e. The molecule has 1 aliphatic rings. The van der Waals surface area contributed by atoms with Crippen LogP contribution in [0.15, 0.2) is 85.1 Å². The Labute approximate surface area is 268 Å². The minimum Gasteiger partial charge on any atom is -0.439 e. The van der Waals surface area contributed by atoms with Gasteiger partial charge in [-0.25, -0.2) is 23.2 Å². The van der Waals surface area contributed by atoms with Gasteiger partial charge >= 0.3 is 6.03 Å². The van der Waals surface area contributed by atoms with Gasteiger partial charge in [0.25, 0.3) is 5.91 Å². The average Bonchev–Trinajstić information content (AvgIpc) is 3.04. The summed E-state index contributed by atoms with van der Waals surface area (Å²) in [4.78, 5) is 37.9. The van der Waals surface area contributed by atoms with E-state index in [0.29, 0.717) is 23.0 Å². The van der Waals surface area contributed by atoms with Crippen molar-refractivity contribution in [1.29, 1.82) is 0 Å². The lowest BCUT2D eigenvalue weighted by atomic mass is 10.0. The molecule has 1 aliphatic heterocycles. The van der Waals surface area contributed by atoms with Crippen molar-refractivity contribution in [2.45, 2.75) is 38.8 Å². The number of rotatable bonds is 11. The number of amides is 3. The van der Waals surface area contributed by atoms with E-state index in [9.17, 15) is 18.0 Å². The molecule has 13 heteroatoms. The maximum Gasteiger partial charge on any atom is 0.326 e. The summed E-state index contributed by atoms with van der Waals surface area (Å²) in [7, 11) is -3.36. The molecule has 0 aliphatic carbocycles. The second-order valence-electron chi connectivity index (χ2n) is 11.0. The predicted octanol–water partition coefficient (Wildman–Crippen LogP) is 5.00. The zero-order valence-corrected chi connectivity index (χ0v) is 26.5. The zero-order chi connectivity index (χ0) is 32.7. The lowest BCUT2D eigenvalue weighted by Gasteiger charge is -2.38. The van der Waals surface area contributed by atoms with Crippen molar-refractivity contribution in [2.75, 3.05) is 34.3 Å². The molecule has 12 nitrogen and oxygen atoms in total. The van der Waals surface area contributed by atoms with E-state index in [-0.39, 0.29) is 17.8 Å². The first-order valence-electron chi connectivity index (χ1n) is 15.0. The summed E-state index contributed by atoms with van der Waals surface area (Å²) in [6.45, 7) is 4.38. The van der Waals surface area contributed by atoms with E-state index in [2.05, 4.69) is 26.8 Å². The number of pyridine rings is 2. The minimum atomic E-state index is -3.36. The van der Waals surface area contributed by atoms with Gasteiger partial charge in [0.1, 0.15) is 11.4 Å². The molecule has 2 aromatic carbocycles. The Morgan fingerprint density at radius 3 is 2.28 bits per heavy atom. The van der Waals surface area contributed by atoms with Gasteiger partial charge in [-0.15, -0.1) is 0 Å². The number of sulfonamides is 1. The van der Waals surface area contributed by atoms with Crippen molar-refractivity contribution in [2.24, 2.45) is 5.73 Å². The van der Waals surface area contributed by atoms with Crippen LogP contribution in [0.5, 0.6) is 11.6 Å². The zero-order valence-electron chi connectivity index (χ0n) is 25.7. The third-order valence-electron chi connectivity index (χ3n) is 7.59. The van der Waals surface area contributed by atoms with Gasteiger partial charge in [0.2, 0.25) is 15.9 Å². The Kier molecular flexibility index (Phi) is 10.1. The molecule has 46 heavy (non-hydrogen) atoms. The standard InChI is InChI=1S/C33H37N7O5S/c1-3-29-23(9-16-31(37-29)45-28-13-10-24(11-14-28)38-46(2,43)44)22-39-19-17-27(18-20-39)40(26-7-5-4-6-8-26)33(42)36-25-12-15-30(32(34)41)35-21-25/h4-16,21,27,38H,3,17-20,22H2,1-2H3,(H2,34,41)(H,36,42). The predicted molar refractivity (Wildman–Crippen MR) is 178 cm³/mol. The van der Waals surface area contributed by atoms with Crippen LogP contribution in [-0.2, 0) is 23.0 Å². The first kappa shape index (κ1) is 32.4. The minimum absolute atomic E-state index is 0.0185. The number of hydrogen-bond donors (Lipinski definition) is 3. The monoisotopic (exact) mass is 643 g/mol. The molecule has 1 saturated heterocycles. The summed E-state index contributed by atoms with van der Waals surface area (Å²) in [5.74, 6) is 0.386. The number of hydrogen-bond acceptors (Lipinski definition) is 8. The van der Waals surface area contributed by atoms with Crippen LogP contribution in [0, 0.1) is 0 Å². The number of nitrogens with two attached hydrogens (primary N) is 1. The number of benzene rings is 2. The van der Waals surface area contributed by atoms with E-state index in [1.807, 2.05) is 42.5 Å². The molecular weight excluding hydrogens is 606 g/mol. The number of urea groups is 1. The highest BCUT2D eigenvalue weighted by atomic mass is 32.2. The van der Waals surface area contributed by atoms with E-state index in [1.165, 1.54) is 12.3 Å². The second-order valence-corrected chi connectivity index (χ2v) is 12.8. The SMILES string of the molecule is CCc1nc(Oc2ccc(NS(C)(=O)=O)cc2)ccc1CN1CCC(N(C(=O)Nc2ccc(C(N)=O)nc2)c2ccccc2)CC1. The van der Waals surface area contributed by atoms with E-state index >= 15 is 0 Å². The third kappa shape index (κ3) is 8.58. The molecule has 3 amide bonds. The number of nitrogens with one attached hydrogen (secondary N) is 2. The number of primary amides is 1. The van der Waals surface area contributed by atoms with Crippen LogP contribution in [0.3, 0.4) is 0 Å². The van der Waals surface area contributed by atoms with Crippen LogP contribution in [-0.4, -0.2) is 60.6 Å². The fourth-order valence-electron chi connectivity index (χ4n) is 5.40. The number of anilines is 3. The summed E-state index contributed by atoms with van der Waals surface area (Å²) < 4.78 is 31.3. The molecule has 0 spiro atoms. The number of ether oxygens (including phenoxy) is 1. The fraction of sp³-hybridized carbons (Fsp3) is 0.273. The largest absolute Gasteiger partial charge is 0.439 e. The third-order valence-corrected chi connectivity index (χ3v) is 8.20. The Bertz CT molecular complexity index is 1760. The maximum absolute atomic E-state index is 13.6. The number of aryl methyl sites for hydroxylation is 1. The Morgan fingerprint density at radius 1 is 0.978 bits per heavy atom. The van der Waals surface area contributed by atoms with E-state index in [1.54, 1.807) is 35.2 Å². The molecule has 4 N–H and O–H groups in total. The van der Waals surface area contributed by atoms with Crippen LogP contribution < -0.4 is 25.4 Å². The van der Waals surface area contributed by atoms with E-state index in [0.717, 1.165) is 62.1 Å². The number of carbonyl (C=O) groups is 2. The van der Waals surface area contributed by atoms with Gasteiger partial charge in [0, 0.05) is 48.8 Å². The highest BCUT2D eigenvalue weighted by molar-refractivity contribution is 7.92. The molecule has 0 unspecified atom stereocenters. The molecule has 2 aromatic heterocycles. The summed E-state index contributed by atoms with van der Waals surface area (Å²) >= 11 is 0. The molecule has 0 radical (unpaired) electrons. The number of likely N-dealkylation sites (tertiary alicyclic amines) is 1. The lowest BCUT2D eigenvalue weighted by Crippen LogP contribution is -2.49. The van der Waals surface area contributed by atoms with Crippen molar-refractivity contribution in [3.8, 4) is 11.6 Å². The van der Waals surface area contributed by atoms with E-state index < -0.39 is 15.9 Å². The molecule has 5 rings (SSSR count). The summed E-state index contributed by atoms with van der Waals surface area (Å²) in [6, 6.07) is 22.9. The van der Waals surface area contributed by atoms with Gasteiger partial charge in [0.05, 0.1) is 18.1 Å². The summed E-state index contributed by atoms with van der Waals surface area (Å²) in [5.41, 5.74) is 9.21. The molecule has 4 aromatic rings. The molecule has 3 heterocycles. The number of nitrogens with zero attached hydrogens (tertiary/aromatic N) is 4. The molecule has 0 bridgehead atoms. The Hall–Kier alpha value is -5.01. The normalized spacial score (nSPS) is 14.0. The topological polar surface area (TPSA) is 160 Å². The van der Waals surface area contributed by atoms with Gasteiger partial charge in [-0.1, -0.05) is 31.2 Å². The highest BCUT2D eigenvalue weighted by Crippen LogP contribution is 2.28. The number of aromatic nitrogens is 2. The molecular formula is C33H37N7O5S. The van der Waals surface area contributed by atoms with Gasteiger partial charge in [0.15, 0.2) is 0 Å². The maximum atomic E-state index is 13.6. The summed E-state index contributed by atoms with van der Waals surface area (Å²) in [5, 5.41) is 2.92. The van der Waals surface area contributed by atoms with E-state index in [4.69, 9.17) is 15.5 Å². The first-order valence-corrected chi connectivity index (χ1v) is 16.8. The van der Waals surface area contributed by atoms with Gasteiger partial charge < -0.3 is 15.8 Å². The number of piperidine rings is 1. The molecule has 0 saturated carbocycles. The van der Waals surface area contributed by atoms with Crippen molar-refractivity contribution in [1.82, 2.24) is 14.9 Å². The average molecular weight is 644 g/mol. The van der Waals surface area contributed by atoms with Crippen LogP contribution in [0.25, 0.3) is 0 Å². The fourth-order valence-corrected chi connectivity index (χ4v) is 5.96. The van der Waals surface area contributed by atoms with Gasteiger partial charge in [-0.3, -0.25) is 19.3 Å². The Morgan fingerprint density at radius 2 is 1.67 bits per heavy atom. The molecule has 1 fully saturated rings. The second kappa shape index (κ2) is 14.4. The van der Waals surface area contributed by atoms with Crippen molar-refractivity contribution >= 4 is 39.0 Å². The van der Waals surface area contributed by atoms with Crippen molar-refractivity contribution < 1.29 is 22.7 Å². The first-order chi connectivity index (χ1) is 22.1.